The molecule has 1 aromatic carbocycles. The van der Waals surface area contributed by atoms with Gasteiger partial charge in [0.2, 0.25) is 0 Å². The first-order valence-electron chi connectivity index (χ1n) is 6.89. The first-order valence-corrected chi connectivity index (χ1v) is 6.89. The molecule has 0 spiro atoms. The summed E-state index contributed by atoms with van der Waals surface area (Å²) in [6.07, 6.45) is 0.105. The van der Waals surface area contributed by atoms with Crippen molar-refractivity contribution in [3.05, 3.63) is 35.4 Å². The van der Waals surface area contributed by atoms with Crippen LogP contribution in [0.25, 0.3) is 0 Å². The van der Waals surface area contributed by atoms with Gasteiger partial charge >= 0.3 is 5.97 Å². The zero-order valence-corrected chi connectivity index (χ0v) is 12.5. The van der Waals surface area contributed by atoms with Crippen molar-refractivity contribution >= 4 is 11.9 Å². The van der Waals surface area contributed by atoms with Crippen molar-refractivity contribution in [2.75, 3.05) is 6.54 Å². The third-order valence-electron chi connectivity index (χ3n) is 3.37. The summed E-state index contributed by atoms with van der Waals surface area (Å²) in [5.41, 5.74) is 1.55. The number of amides is 1. The van der Waals surface area contributed by atoms with Crippen LogP contribution in [-0.4, -0.2) is 34.5 Å². The Morgan fingerprint density at radius 3 is 2.24 bits per heavy atom. The first-order chi connectivity index (χ1) is 9.88. The lowest BCUT2D eigenvalue weighted by atomic mass is 10.0. The Morgan fingerprint density at radius 1 is 1.24 bits per heavy atom. The molecular weight excluding hydrogens is 268 g/mol. The predicted molar refractivity (Wildman–Crippen MR) is 78.9 cm³/mol. The maximum absolute atomic E-state index is 12.4. The Morgan fingerprint density at radius 2 is 1.81 bits per heavy atom. The van der Waals surface area contributed by atoms with Gasteiger partial charge in [-0.1, -0.05) is 26.0 Å². The summed E-state index contributed by atoms with van der Waals surface area (Å²) >= 11 is 0. The SMILES string of the molecule is CC(C)c1ccc(C(=O)N(CCC#N)C(C)C(=O)O)cc1. The molecule has 5 heteroatoms. The topological polar surface area (TPSA) is 81.4 Å². The molecule has 0 aliphatic carbocycles. The Balaban J connectivity index is 2.99. The van der Waals surface area contributed by atoms with Gasteiger partial charge in [0.1, 0.15) is 6.04 Å². The molecule has 112 valence electrons. The highest BCUT2D eigenvalue weighted by atomic mass is 16.4. The smallest absolute Gasteiger partial charge is 0.326 e. The number of carbonyl (C=O) groups is 2. The Labute approximate surface area is 124 Å². The number of nitrogens with zero attached hydrogens (tertiary/aromatic N) is 2. The Bertz CT molecular complexity index is 544. The molecule has 1 rings (SSSR count). The van der Waals surface area contributed by atoms with Crippen LogP contribution in [0, 0.1) is 11.3 Å². The summed E-state index contributed by atoms with van der Waals surface area (Å²) in [5, 5.41) is 17.7. The van der Waals surface area contributed by atoms with Crippen molar-refractivity contribution in [2.24, 2.45) is 0 Å². The van der Waals surface area contributed by atoms with Crippen LogP contribution < -0.4 is 0 Å². The molecule has 1 amide bonds. The van der Waals surface area contributed by atoms with Crippen LogP contribution in [0.3, 0.4) is 0 Å². The number of carbonyl (C=O) groups excluding carboxylic acids is 1. The summed E-state index contributed by atoms with van der Waals surface area (Å²) in [6, 6.07) is 8.11. The lowest BCUT2D eigenvalue weighted by molar-refractivity contribution is -0.141. The minimum Gasteiger partial charge on any atom is -0.480 e. The van der Waals surface area contributed by atoms with Crippen molar-refractivity contribution < 1.29 is 14.7 Å². The zero-order valence-electron chi connectivity index (χ0n) is 12.5. The van der Waals surface area contributed by atoms with Crippen molar-refractivity contribution in [1.82, 2.24) is 4.90 Å². The van der Waals surface area contributed by atoms with Crippen molar-refractivity contribution in [3.63, 3.8) is 0 Å². The van der Waals surface area contributed by atoms with Gasteiger partial charge in [0.25, 0.3) is 5.91 Å². The van der Waals surface area contributed by atoms with Gasteiger partial charge in [-0.3, -0.25) is 4.79 Å². The molecule has 0 fully saturated rings. The molecule has 0 saturated carbocycles. The molecule has 5 nitrogen and oxygen atoms in total. The third-order valence-corrected chi connectivity index (χ3v) is 3.37. The molecule has 0 saturated heterocycles. The molecule has 0 heterocycles. The van der Waals surface area contributed by atoms with Gasteiger partial charge in [-0.25, -0.2) is 4.79 Å². The number of carboxylic acid groups (broad SMARTS) is 1. The van der Waals surface area contributed by atoms with E-state index in [1.807, 2.05) is 18.2 Å². The molecule has 21 heavy (non-hydrogen) atoms. The molecule has 0 bridgehead atoms. The standard InChI is InChI=1S/C16H20N2O3/c1-11(2)13-5-7-14(8-6-13)15(19)18(10-4-9-17)12(3)16(20)21/h5-8,11-12H,4,10H2,1-3H3,(H,20,21). The number of benzene rings is 1. The monoisotopic (exact) mass is 288 g/mol. The van der Waals surface area contributed by atoms with Crippen molar-refractivity contribution in [1.29, 1.82) is 5.26 Å². The van der Waals surface area contributed by atoms with Gasteiger partial charge in [-0.2, -0.15) is 5.26 Å². The molecule has 0 aliphatic heterocycles. The average molecular weight is 288 g/mol. The molecular formula is C16H20N2O3. The lowest BCUT2D eigenvalue weighted by Crippen LogP contribution is -2.43. The van der Waals surface area contributed by atoms with E-state index in [0.717, 1.165) is 5.56 Å². The largest absolute Gasteiger partial charge is 0.480 e. The number of hydrogen-bond donors (Lipinski definition) is 1. The second kappa shape index (κ2) is 7.44. The van der Waals surface area contributed by atoms with Gasteiger partial charge in [0.15, 0.2) is 0 Å². The highest BCUT2D eigenvalue weighted by Gasteiger charge is 2.26. The van der Waals surface area contributed by atoms with E-state index in [1.54, 1.807) is 12.1 Å². The number of hydrogen-bond acceptors (Lipinski definition) is 3. The molecule has 0 aliphatic rings. The number of rotatable bonds is 6. The predicted octanol–water partition coefficient (Wildman–Crippen LogP) is 2.64. The van der Waals surface area contributed by atoms with Crippen LogP contribution >= 0.6 is 0 Å². The number of aliphatic carboxylic acids is 1. The Kier molecular flexibility index (Phi) is 5.92. The summed E-state index contributed by atoms with van der Waals surface area (Å²) in [6.45, 7) is 5.67. The fourth-order valence-corrected chi connectivity index (χ4v) is 1.95. The van der Waals surface area contributed by atoms with Gasteiger partial charge < -0.3 is 10.0 Å². The van der Waals surface area contributed by atoms with E-state index in [-0.39, 0.29) is 18.9 Å². The van der Waals surface area contributed by atoms with Crippen LogP contribution in [0.15, 0.2) is 24.3 Å². The van der Waals surface area contributed by atoms with Crippen LogP contribution in [0.5, 0.6) is 0 Å². The molecule has 1 unspecified atom stereocenters. The van der Waals surface area contributed by atoms with Crippen LogP contribution in [-0.2, 0) is 4.79 Å². The summed E-state index contributed by atoms with van der Waals surface area (Å²) in [4.78, 5) is 24.8. The van der Waals surface area contributed by atoms with E-state index < -0.39 is 12.0 Å². The second-order valence-corrected chi connectivity index (χ2v) is 5.20. The third kappa shape index (κ3) is 4.32. The van der Waals surface area contributed by atoms with E-state index in [9.17, 15) is 9.59 Å². The highest BCUT2D eigenvalue weighted by Crippen LogP contribution is 2.16. The van der Waals surface area contributed by atoms with Crippen LogP contribution in [0.2, 0.25) is 0 Å². The minimum atomic E-state index is -1.08. The fourth-order valence-electron chi connectivity index (χ4n) is 1.95. The van der Waals surface area contributed by atoms with Gasteiger partial charge in [0.05, 0.1) is 12.5 Å². The molecule has 1 atom stereocenters. The maximum atomic E-state index is 12.4. The van der Waals surface area contributed by atoms with E-state index in [1.165, 1.54) is 11.8 Å². The summed E-state index contributed by atoms with van der Waals surface area (Å²) in [7, 11) is 0. The zero-order chi connectivity index (χ0) is 16.0. The average Bonchev–Trinajstić information content (AvgIpc) is 2.47. The minimum absolute atomic E-state index is 0.105. The molecule has 0 aromatic heterocycles. The highest BCUT2D eigenvalue weighted by molar-refractivity contribution is 5.96. The Hall–Kier alpha value is -2.35. The van der Waals surface area contributed by atoms with E-state index in [2.05, 4.69) is 13.8 Å². The van der Waals surface area contributed by atoms with Crippen LogP contribution in [0.1, 0.15) is 49.0 Å². The second-order valence-electron chi connectivity index (χ2n) is 5.20. The maximum Gasteiger partial charge on any atom is 0.326 e. The van der Waals surface area contributed by atoms with E-state index in [0.29, 0.717) is 11.5 Å². The number of nitriles is 1. The molecule has 1 aromatic rings. The van der Waals surface area contributed by atoms with Gasteiger partial charge in [-0.15, -0.1) is 0 Å². The summed E-state index contributed by atoms with van der Waals surface area (Å²) in [5.74, 6) is -1.09. The fraction of sp³-hybridized carbons (Fsp3) is 0.438. The van der Waals surface area contributed by atoms with Crippen LogP contribution in [0.4, 0.5) is 0 Å². The quantitative estimate of drug-likeness (QED) is 0.872. The molecule has 0 radical (unpaired) electrons. The van der Waals surface area contributed by atoms with E-state index >= 15 is 0 Å². The van der Waals surface area contributed by atoms with Gasteiger partial charge in [-0.05, 0) is 30.5 Å². The molecule has 1 N–H and O–H groups in total. The lowest BCUT2D eigenvalue weighted by Gasteiger charge is -2.25. The normalized spacial score (nSPS) is 11.8. The van der Waals surface area contributed by atoms with E-state index in [4.69, 9.17) is 10.4 Å². The summed E-state index contributed by atoms with van der Waals surface area (Å²) < 4.78 is 0. The van der Waals surface area contributed by atoms with Gasteiger partial charge in [0, 0.05) is 12.1 Å². The van der Waals surface area contributed by atoms with Crippen molar-refractivity contribution in [3.8, 4) is 6.07 Å². The van der Waals surface area contributed by atoms with Crippen molar-refractivity contribution in [2.45, 2.75) is 39.2 Å². The first kappa shape index (κ1) is 16.7. The number of carboxylic acids is 1.